The van der Waals surface area contributed by atoms with Crippen LogP contribution in [0.25, 0.3) is 5.69 Å². The van der Waals surface area contributed by atoms with E-state index in [4.69, 9.17) is 5.11 Å². The number of aliphatic hydroxyl groups excluding tert-OH is 1. The monoisotopic (exact) mass is 175 g/mol. The normalized spacial score (nSPS) is 10.2. The maximum atomic E-state index is 8.95. The van der Waals surface area contributed by atoms with Gasteiger partial charge >= 0.3 is 0 Å². The summed E-state index contributed by atoms with van der Waals surface area (Å²) in [5.41, 5.74) is 0.955. The lowest BCUT2D eigenvalue weighted by Gasteiger charge is -2.02. The van der Waals surface area contributed by atoms with Crippen molar-refractivity contribution < 1.29 is 5.11 Å². The summed E-state index contributed by atoms with van der Waals surface area (Å²) in [6.07, 6.45) is 1.58. The fourth-order valence-electron chi connectivity index (χ4n) is 1.17. The lowest BCUT2D eigenvalue weighted by Crippen LogP contribution is -1.99. The van der Waals surface area contributed by atoms with Gasteiger partial charge in [0.05, 0.1) is 0 Å². The van der Waals surface area contributed by atoms with Gasteiger partial charge in [0.1, 0.15) is 12.9 Å². The quantitative estimate of drug-likeness (QED) is 0.733. The molecular weight excluding hydrogens is 166 g/mol. The van der Waals surface area contributed by atoms with Gasteiger partial charge in [0.25, 0.3) is 0 Å². The molecule has 2 aromatic rings. The zero-order valence-electron chi connectivity index (χ0n) is 6.96. The summed E-state index contributed by atoms with van der Waals surface area (Å²) in [6.45, 7) is -0.102. The van der Waals surface area contributed by atoms with Crippen LogP contribution >= 0.6 is 0 Å². The molecule has 1 aromatic heterocycles. The second kappa shape index (κ2) is 3.37. The molecule has 1 aromatic carbocycles. The van der Waals surface area contributed by atoms with E-state index in [2.05, 4.69) is 10.2 Å². The van der Waals surface area contributed by atoms with Crippen molar-refractivity contribution in [3.8, 4) is 5.69 Å². The molecule has 0 atom stereocenters. The second-order valence-corrected chi connectivity index (χ2v) is 2.61. The lowest BCUT2D eigenvalue weighted by molar-refractivity contribution is 0.269. The van der Waals surface area contributed by atoms with E-state index >= 15 is 0 Å². The van der Waals surface area contributed by atoms with Crippen molar-refractivity contribution in [2.45, 2.75) is 6.61 Å². The van der Waals surface area contributed by atoms with E-state index in [1.165, 1.54) is 0 Å². The van der Waals surface area contributed by atoms with Gasteiger partial charge in [-0.25, -0.2) is 0 Å². The first-order valence-corrected chi connectivity index (χ1v) is 3.97. The highest BCUT2D eigenvalue weighted by Gasteiger charge is 2.02. The van der Waals surface area contributed by atoms with Crippen LogP contribution in [0.3, 0.4) is 0 Å². The first-order valence-electron chi connectivity index (χ1n) is 3.97. The van der Waals surface area contributed by atoms with Crippen molar-refractivity contribution in [1.29, 1.82) is 0 Å². The standard InChI is InChI=1S/C9H9N3O/c13-6-9-11-10-7-12(9)8-4-2-1-3-5-8/h1-5,7,13H,6H2. The largest absolute Gasteiger partial charge is 0.388 e. The highest BCUT2D eigenvalue weighted by Crippen LogP contribution is 2.08. The van der Waals surface area contributed by atoms with Crippen LogP contribution in [0.5, 0.6) is 0 Å². The number of hydrogen-bond acceptors (Lipinski definition) is 3. The molecule has 0 aliphatic carbocycles. The maximum Gasteiger partial charge on any atom is 0.163 e. The molecule has 0 fully saturated rings. The molecule has 66 valence electrons. The predicted octanol–water partition coefficient (Wildman–Crippen LogP) is 0.760. The third-order valence-electron chi connectivity index (χ3n) is 1.79. The molecule has 0 aliphatic rings. The van der Waals surface area contributed by atoms with Crippen molar-refractivity contribution >= 4 is 0 Å². The molecule has 0 unspecified atom stereocenters. The Bertz CT molecular complexity index is 383. The Morgan fingerprint density at radius 3 is 2.69 bits per heavy atom. The number of nitrogens with zero attached hydrogens (tertiary/aromatic N) is 3. The van der Waals surface area contributed by atoms with Gasteiger partial charge in [0.15, 0.2) is 5.82 Å². The van der Waals surface area contributed by atoms with Gasteiger partial charge in [-0.05, 0) is 12.1 Å². The fourth-order valence-corrected chi connectivity index (χ4v) is 1.17. The SMILES string of the molecule is OCc1nncn1-c1ccccc1. The van der Waals surface area contributed by atoms with Gasteiger partial charge < -0.3 is 5.11 Å². The molecule has 1 heterocycles. The molecule has 0 spiro atoms. The van der Waals surface area contributed by atoms with E-state index in [0.717, 1.165) is 5.69 Å². The molecule has 0 radical (unpaired) electrons. The third kappa shape index (κ3) is 1.43. The highest BCUT2D eigenvalue weighted by molar-refractivity contribution is 5.31. The topological polar surface area (TPSA) is 50.9 Å². The molecule has 0 saturated heterocycles. The molecule has 4 heteroatoms. The maximum absolute atomic E-state index is 8.95. The Morgan fingerprint density at radius 1 is 1.23 bits per heavy atom. The summed E-state index contributed by atoms with van der Waals surface area (Å²) in [7, 11) is 0. The van der Waals surface area contributed by atoms with Gasteiger partial charge in [-0.15, -0.1) is 10.2 Å². The summed E-state index contributed by atoms with van der Waals surface area (Å²) in [4.78, 5) is 0. The fraction of sp³-hybridized carbons (Fsp3) is 0.111. The summed E-state index contributed by atoms with van der Waals surface area (Å²) < 4.78 is 1.75. The van der Waals surface area contributed by atoms with Gasteiger partial charge in [-0.1, -0.05) is 18.2 Å². The Hall–Kier alpha value is -1.68. The van der Waals surface area contributed by atoms with Crippen LogP contribution in [0.4, 0.5) is 0 Å². The average Bonchev–Trinajstić information content (AvgIpc) is 2.67. The number of aromatic nitrogens is 3. The van der Waals surface area contributed by atoms with Crippen LogP contribution in [-0.2, 0) is 6.61 Å². The van der Waals surface area contributed by atoms with Crippen LogP contribution in [0.2, 0.25) is 0 Å². The molecule has 0 saturated carbocycles. The summed E-state index contributed by atoms with van der Waals surface area (Å²) in [5, 5.41) is 16.4. The van der Waals surface area contributed by atoms with Crippen molar-refractivity contribution in [3.05, 3.63) is 42.5 Å². The molecule has 2 rings (SSSR count). The first kappa shape index (κ1) is 7.94. The Morgan fingerprint density at radius 2 is 2.00 bits per heavy atom. The molecule has 0 aliphatic heterocycles. The van der Waals surface area contributed by atoms with Gasteiger partial charge in [-0.2, -0.15) is 0 Å². The number of benzene rings is 1. The number of aliphatic hydroxyl groups is 1. The molecule has 4 nitrogen and oxygen atoms in total. The first-order chi connectivity index (χ1) is 6.42. The average molecular weight is 175 g/mol. The van der Waals surface area contributed by atoms with E-state index in [0.29, 0.717) is 5.82 Å². The zero-order valence-corrected chi connectivity index (χ0v) is 6.96. The smallest absolute Gasteiger partial charge is 0.163 e. The Balaban J connectivity index is 2.47. The van der Waals surface area contributed by atoms with E-state index in [1.807, 2.05) is 30.3 Å². The highest BCUT2D eigenvalue weighted by atomic mass is 16.3. The minimum Gasteiger partial charge on any atom is -0.388 e. The molecular formula is C9H9N3O. The van der Waals surface area contributed by atoms with E-state index in [-0.39, 0.29) is 6.61 Å². The summed E-state index contributed by atoms with van der Waals surface area (Å²) in [5.74, 6) is 0.547. The van der Waals surface area contributed by atoms with Crippen molar-refractivity contribution in [2.24, 2.45) is 0 Å². The van der Waals surface area contributed by atoms with Crippen LogP contribution in [-0.4, -0.2) is 19.9 Å². The van der Waals surface area contributed by atoms with Crippen LogP contribution in [0.1, 0.15) is 5.82 Å². The third-order valence-corrected chi connectivity index (χ3v) is 1.79. The predicted molar refractivity (Wildman–Crippen MR) is 47.3 cm³/mol. The lowest BCUT2D eigenvalue weighted by atomic mass is 10.3. The van der Waals surface area contributed by atoms with Gasteiger partial charge in [0, 0.05) is 5.69 Å². The molecule has 13 heavy (non-hydrogen) atoms. The van der Waals surface area contributed by atoms with E-state index in [9.17, 15) is 0 Å². The van der Waals surface area contributed by atoms with Crippen LogP contribution < -0.4 is 0 Å². The summed E-state index contributed by atoms with van der Waals surface area (Å²) >= 11 is 0. The molecule has 0 amide bonds. The van der Waals surface area contributed by atoms with Crippen molar-refractivity contribution in [2.75, 3.05) is 0 Å². The van der Waals surface area contributed by atoms with Crippen LogP contribution in [0, 0.1) is 0 Å². The Kier molecular flexibility index (Phi) is 2.06. The number of hydrogen-bond donors (Lipinski definition) is 1. The van der Waals surface area contributed by atoms with Crippen LogP contribution in [0.15, 0.2) is 36.7 Å². The summed E-state index contributed by atoms with van der Waals surface area (Å²) in [6, 6.07) is 9.66. The van der Waals surface area contributed by atoms with Gasteiger partial charge in [-0.3, -0.25) is 4.57 Å². The molecule has 0 bridgehead atoms. The van der Waals surface area contributed by atoms with Gasteiger partial charge in [0.2, 0.25) is 0 Å². The van der Waals surface area contributed by atoms with E-state index in [1.54, 1.807) is 10.9 Å². The number of para-hydroxylation sites is 1. The second-order valence-electron chi connectivity index (χ2n) is 2.61. The van der Waals surface area contributed by atoms with Crippen molar-refractivity contribution in [3.63, 3.8) is 0 Å². The molecule has 1 N–H and O–H groups in total. The Labute approximate surface area is 75.5 Å². The van der Waals surface area contributed by atoms with E-state index < -0.39 is 0 Å². The zero-order chi connectivity index (χ0) is 9.10. The minimum atomic E-state index is -0.102. The van der Waals surface area contributed by atoms with Crippen molar-refractivity contribution in [1.82, 2.24) is 14.8 Å². The number of rotatable bonds is 2. The minimum absolute atomic E-state index is 0.102.